The van der Waals surface area contributed by atoms with Crippen LogP contribution in [-0.2, 0) is 15.0 Å². The molecule has 1 aliphatic rings. The summed E-state index contributed by atoms with van der Waals surface area (Å²) < 4.78 is 0. The second-order valence-electron chi connectivity index (χ2n) is 9.78. The third-order valence-corrected chi connectivity index (χ3v) is 6.19. The highest BCUT2D eigenvalue weighted by Gasteiger charge is 2.40. The van der Waals surface area contributed by atoms with Crippen molar-refractivity contribution < 1.29 is 9.59 Å². The molecule has 3 aromatic carbocycles. The SMILES string of the molecule is Cc1ccc(NC2=C(c3ccc(C)c(C)c3)C(=O)N(c3ccc(C(C)(C)C)cc3)C2=O)cc1. The standard InChI is InChI=1S/C29H30N2O2/c1-18-7-13-23(14-8-18)30-26-25(21-10-9-19(2)20(3)17-21)27(32)31(28(26)33)24-15-11-22(12-16-24)29(4,5)6/h7-17,30H,1-6H3. The highest BCUT2D eigenvalue weighted by molar-refractivity contribution is 6.46. The third kappa shape index (κ3) is 4.34. The van der Waals surface area contributed by atoms with Crippen molar-refractivity contribution in [2.75, 3.05) is 10.2 Å². The number of benzene rings is 3. The van der Waals surface area contributed by atoms with Gasteiger partial charge in [0.1, 0.15) is 5.70 Å². The predicted octanol–water partition coefficient (Wildman–Crippen LogP) is 6.31. The number of carbonyl (C=O) groups is 2. The molecule has 1 heterocycles. The van der Waals surface area contributed by atoms with Crippen molar-refractivity contribution in [3.63, 3.8) is 0 Å². The van der Waals surface area contributed by atoms with E-state index in [2.05, 4.69) is 26.1 Å². The number of rotatable bonds is 4. The minimum Gasteiger partial charge on any atom is -0.350 e. The van der Waals surface area contributed by atoms with Gasteiger partial charge in [0.25, 0.3) is 11.8 Å². The molecule has 0 fully saturated rings. The highest BCUT2D eigenvalue weighted by atomic mass is 16.2. The molecule has 0 saturated carbocycles. The molecular formula is C29H30N2O2. The largest absolute Gasteiger partial charge is 0.350 e. The molecule has 4 nitrogen and oxygen atoms in total. The van der Waals surface area contributed by atoms with Gasteiger partial charge in [-0.15, -0.1) is 0 Å². The number of nitrogens with zero attached hydrogens (tertiary/aromatic N) is 1. The summed E-state index contributed by atoms with van der Waals surface area (Å²) in [5, 5.41) is 3.23. The molecule has 4 heteroatoms. The van der Waals surface area contributed by atoms with Gasteiger partial charge in [-0.25, -0.2) is 4.90 Å². The molecule has 1 aliphatic heterocycles. The van der Waals surface area contributed by atoms with E-state index in [1.807, 2.05) is 87.5 Å². The molecule has 4 rings (SSSR count). The zero-order valence-electron chi connectivity index (χ0n) is 20.1. The Bertz CT molecular complexity index is 1260. The van der Waals surface area contributed by atoms with E-state index in [-0.39, 0.29) is 17.2 Å². The van der Waals surface area contributed by atoms with Crippen molar-refractivity contribution in [1.82, 2.24) is 0 Å². The molecule has 0 atom stereocenters. The summed E-state index contributed by atoms with van der Waals surface area (Å²) in [7, 11) is 0. The Morgan fingerprint density at radius 1 is 0.727 bits per heavy atom. The van der Waals surface area contributed by atoms with Crippen LogP contribution in [0.5, 0.6) is 0 Å². The van der Waals surface area contributed by atoms with Crippen LogP contribution in [0.15, 0.2) is 72.4 Å². The molecule has 2 amide bonds. The van der Waals surface area contributed by atoms with E-state index >= 15 is 0 Å². The molecule has 168 valence electrons. The molecule has 0 bridgehead atoms. The van der Waals surface area contributed by atoms with Crippen LogP contribution in [-0.4, -0.2) is 11.8 Å². The maximum atomic E-state index is 13.7. The molecule has 0 aromatic heterocycles. The summed E-state index contributed by atoms with van der Waals surface area (Å²) in [6.45, 7) is 12.5. The summed E-state index contributed by atoms with van der Waals surface area (Å²) in [6.07, 6.45) is 0. The molecular weight excluding hydrogens is 408 g/mol. The quantitative estimate of drug-likeness (QED) is 0.486. The number of anilines is 2. The summed E-state index contributed by atoms with van der Waals surface area (Å²) >= 11 is 0. The minimum atomic E-state index is -0.350. The van der Waals surface area contributed by atoms with Crippen LogP contribution < -0.4 is 10.2 Å². The summed E-state index contributed by atoms with van der Waals surface area (Å²) in [6, 6.07) is 21.3. The zero-order valence-corrected chi connectivity index (χ0v) is 20.1. The average Bonchev–Trinajstić information content (AvgIpc) is 3.00. The number of hydrogen-bond donors (Lipinski definition) is 1. The lowest BCUT2D eigenvalue weighted by atomic mass is 9.87. The van der Waals surface area contributed by atoms with E-state index in [0.29, 0.717) is 17.0 Å². The number of hydrogen-bond acceptors (Lipinski definition) is 3. The van der Waals surface area contributed by atoms with Crippen molar-refractivity contribution in [3.05, 3.63) is 100 Å². The first-order valence-corrected chi connectivity index (χ1v) is 11.2. The molecule has 3 aromatic rings. The van der Waals surface area contributed by atoms with Crippen LogP contribution >= 0.6 is 0 Å². The topological polar surface area (TPSA) is 49.4 Å². The van der Waals surface area contributed by atoms with E-state index in [1.165, 1.54) is 4.90 Å². The number of nitrogens with one attached hydrogen (secondary N) is 1. The molecule has 33 heavy (non-hydrogen) atoms. The zero-order chi connectivity index (χ0) is 23.9. The number of amides is 2. The predicted molar refractivity (Wildman–Crippen MR) is 135 cm³/mol. The van der Waals surface area contributed by atoms with Crippen LogP contribution in [0.4, 0.5) is 11.4 Å². The van der Waals surface area contributed by atoms with Gasteiger partial charge in [0.05, 0.1) is 11.3 Å². The first kappa shape index (κ1) is 22.5. The molecule has 1 N–H and O–H groups in total. The van der Waals surface area contributed by atoms with Gasteiger partial charge < -0.3 is 5.32 Å². The normalized spacial score (nSPS) is 14.3. The van der Waals surface area contributed by atoms with Gasteiger partial charge in [-0.2, -0.15) is 0 Å². The second kappa shape index (κ2) is 8.36. The molecule has 0 saturated heterocycles. The Labute approximate surface area is 195 Å². The number of aryl methyl sites for hydroxylation is 3. The average molecular weight is 439 g/mol. The van der Waals surface area contributed by atoms with E-state index in [4.69, 9.17) is 0 Å². The fourth-order valence-corrected chi connectivity index (χ4v) is 3.94. The Kier molecular flexibility index (Phi) is 5.71. The van der Waals surface area contributed by atoms with Crippen molar-refractivity contribution in [2.45, 2.75) is 47.0 Å². The van der Waals surface area contributed by atoms with Crippen LogP contribution in [0.2, 0.25) is 0 Å². The van der Waals surface area contributed by atoms with E-state index in [0.717, 1.165) is 33.5 Å². The smallest absolute Gasteiger partial charge is 0.282 e. The maximum Gasteiger partial charge on any atom is 0.282 e. The van der Waals surface area contributed by atoms with Crippen LogP contribution in [0.1, 0.15) is 48.6 Å². The number of carbonyl (C=O) groups excluding carboxylic acids is 2. The van der Waals surface area contributed by atoms with Crippen molar-refractivity contribution >= 4 is 28.8 Å². The van der Waals surface area contributed by atoms with Crippen molar-refractivity contribution in [3.8, 4) is 0 Å². The van der Waals surface area contributed by atoms with E-state index in [9.17, 15) is 9.59 Å². The lowest BCUT2D eigenvalue weighted by molar-refractivity contribution is -0.120. The van der Waals surface area contributed by atoms with Crippen LogP contribution in [0, 0.1) is 20.8 Å². The van der Waals surface area contributed by atoms with Crippen molar-refractivity contribution in [2.24, 2.45) is 0 Å². The van der Waals surface area contributed by atoms with Gasteiger partial charge in [0.15, 0.2) is 0 Å². The fraction of sp³-hybridized carbons (Fsp3) is 0.241. The summed E-state index contributed by atoms with van der Waals surface area (Å²) in [5.41, 5.74) is 7.22. The highest BCUT2D eigenvalue weighted by Crippen LogP contribution is 2.35. The molecule has 0 spiro atoms. The van der Waals surface area contributed by atoms with E-state index < -0.39 is 0 Å². The lowest BCUT2D eigenvalue weighted by Gasteiger charge is -2.21. The summed E-state index contributed by atoms with van der Waals surface area (Å²) in [5.74, 6) is -0.668. The lowest BCUT2D eigenvalue weighted by Crippen LogP contribution is -2.32. The monoisotopic (exact) mass is 438 g/mol. The first-order chi connectivity index (χ1) is 15.6. The Hall–Kier alpha value is -3.66. The minimum absolute atomic E-state index is 0.0153. The third-order valence-electron chi connectivity index (χ3n) is 6.19. The van der Waals surface area contributed by atoms with Crippen molar-refractivity contribution in [1.29, 1.82) is 0 Å². The molecule has 0 radical (unpaired) electrons. The number of imide groups is 1. The second-order valence-corrected chi connectivity index (χ2v) is 9.78. The van der Waals surface area contributed by atoms with Gasteiger partial charge in [-0.05, 0) is 72.7 Å². The Balaban J connectivity index is 1.79. The van der Waals surface area contributed by atoms with Gasteiger partial charge >= 0.3 is 0 Å². The van der Waals surface area contributed by atoms with Gasteiger partial charge in [0.2, 0.25) is 0 Å². The summed E-state index contributed by atoms with van der Waals surface area (Å²) in [4.78, 5) is 28.5. The van der Waals surface area contributed by atoms with Gasteiger partial charge in [0, 0.05) is 5.69 Å². The first-order valence-electron chi connectivity index (χ1n) is 11.2. The van der Waals surface area contributed by atoms with Crippen LogP contribution in [0.25, 0.3) is 5.57 Å². The Morgan fingerprint density at radius 3 is 1.94 bits per heavy atom. The molecule has 0 unspecified atom stereocenters. The maximum absolute atomic E-state index is 13.7. The van der Waals surface area contributed by atoms with Crippen LogP contribution in [0.3, 0.4) is 0 Å². The van der Waals surface area contributed by atoms with Gasteiger partial charge in [-0.3, -0.25) is 9.59 Å². The Morgan fingerprint density at radius 2 is 1.36 bits per heavy atom. The fourth-order valence-electron chi connectivity index (χ4n) is 3.94. The molecule has 0 aliphatic carbocycles. The van der Waals surface area contributed by atoms with E-state index in [1.54, 1.807) is 0 Å². The van der Waals surface area contributed by atoms with Gasteiger partial charge in [-0.1, -0.05) is 68.8 Å².